The number of hydrogen-bond acceptors (Lipinski definition) is 6. The summed E-state index contributed by atoms with van der Waals surface area (Å²) < 4.78 is 21.2. The molecule has 302 valence electrons. The van der Waals surface area contributed by atoms with Gasteiger partial charge in [-0.1, -0.05) is 72.8 Å². The van der Waals surface area contributed by atoms with Crippen molar-refractivity contribution in [1.82, 2.24) is 19.1 Å². The van der Waals surface area contributed by atoms with E-state index in [0.717, 1.165) is 56.2 Å². The Morgan fingerprint density at radius 3 is 1.31 bits per heavy atom. The molecule has 0 amide bonds. The van der Waals surface area contributed by atoms with Crippen molar-refractivity contribution in [3.05, 3.63) is 195 Å². The van der Waals surface area contributed by atoms with E-state index in [9.17, 15) is 0 Å². The fraction of sp³-hybridized carbons (Fsp3) is 0.0769. The Balaban J connectivity index is 0.895. The summed E-state index contributed by atoms with van der Waals surface area (Å²) in [6, 6.07) is 56.9. The zero-order chi connectivity index (χ0) is 42.2. The summed E-state index contributed by atoms with van der Waals surface area (Å²) in [6.45, 7) is 0. The van der Waals surface area contributed by atoms with E-state index in [4.69, 9.17) is 9.47 Å². The third-order valence-corrected chi connectivity index (χ3v) is 10.7. The van der Waals surface area contributed by atoms with Gasteiger partial charge in [-0.05, 0) is 84.9 Å². The van der Waals surface area contributed by atoms with Gasteiger partial charge in [-0.2, -0.15) is 0 Å². The Morgan fingerprint density at radius 2 is 0.855 bits per heavy atom. The number of imidazole rings is 2. The van der Waals surface area contributed by atoms with Crippen LogP contribution in [0, 0.1) is 12.7 Å². The molecule has 0 saturated heterocycles. The van der Waals surface area contributed by atoms with Gasteiger partial charge in [0.25, 0.3) is 12.7 Å². The van der Waals surface area contributed by atoms with Crippen LogP contribution in [0.2, 0.25) is 0 Å². The zero-order valence-corrected chi connectivity index (χ0v) is 34.7. The highest BCUT2D eigenvalue weighted by atomic mass is 16.5. The predicted octanol–water partition coefficient (Wildman–Crippen LogP) is 9.90. The molecule has 10 nitrogen and oxygen atoms in total. The van der Waals surface area contributed by atoms with Gasteiger partial charge < -0.3 is 19.3 Å². The van der Waals surface area contributed by atoms with Crippen LogP contribution in [-0.2, 0) is 0 Å². The second-order valence-corrected chi connectivity index (χ2v) is 15.3. The number of benzene rings is 6. The SMILES string of the molecule is CN(C)c1cccc(-n2[c-][n+](-c3cccc(Oc4ccnc(-c5cc(Oc6cccc(-[n+]7[c-]n(-c8cccc(N(C)C)c8)c8ccccc87)c6)ccn5)c4)c3)c3ccccc32)c1. The molecule has 4 aromatic heterocycles. The van der Waals surface area contributed by atoms with Gasteiger partial charge in [0.2, 0.25) is 0 Å². The Hall–Kier alpha value is -8.24. The molecule has 0 aliphatic heterocycles. The van der Waals surface area contributed by atoms with Gasteiger partial charge in [0.1, 0.15) is 23.0 Å². The first-order valence-electron chi connectivity index (χ1n) is 20.3. The molecule has 62 heavy (non-hydrogen) atoms. The summed E-state index contributed by atoms with van der Waals surface area (Å²) >= 11 is 0. The molecule has 0 aliphatic rings. The van der Waals surface area contributed by atoms with Gasteiger partial charge in [0, 0.05) is 64.1 Å². The van der Waals surface area contributed by atoms with Crippen LogP contribution in [0.3, 0.4) is 0 Å². The molecule has 0 saturated carbocycles. The number of pyridine rings is 2. The van der Waals surface area contributed by atoms with Crippen LogP contribution in [0.15, 0.2) is 182 Å². The van der Waals surface area contributed by atoms with Crippen LogP contribution in [0.5, 0.6) is 23.0 Å². The zero-order valence-electron chi connectivity index (χ0n) is 34.7. The molecule has 0 N–H and O–H groups in total. The maximum atomic E-state index is 6.46. The van der Waals surface area contributed by atoms with Crippen LogP contribution in [0.4, 0.5) is 11.4 Å². The van der Waals surface area contributed by atoms with Crippen molar-refractivity contribution in [2.24, 2.45) is 0 Å². The monoisotopic (exact) mass is 810 g/mol. The van der Waals surface area contributed by atoms with Gasteiger partial charge in [-0.15, -0.1) is 0 Å². The minimum Gasteiger partial charge on any atom is -0.458 e. The Morgan fingerprint density at radius 1 is 0.435 bits per heavy atom. The molecule has 0 unspecified atom stereocenters. The van der Waals surface area contributed by atoms with Crippen LogP contribution < -0.4 is 28.4 Å². The maximum absolute atomic E-state index is 6.46. The summed E-state index contributed by atoms with van der Waals surface area (Å²) in [4.78, 5) is 13.5. The fourth-order valence-corrected chi connectivity index (χ4v) is 7.58. The van der Waals surface area contributed by atoms with Gasteiger partial charge in [0.05, 0.1) is 56.2 Å². The number of hydrogen-bond donors (Lipinski definition) is 0. The highest BCUT2D eigenvalue weighted by Crippen LogP contribution is 2.31. The largest absolute Gasteiger partial charge is 0.458 e. The summed E-state index contributed by atoms with van der Waals surface area (Å²) in [7, 11) is 8.18. The van der Waals surface area contributed by atoms with Gasteiger partial charge in [-0.3, -0.25) is 28.2 Å². The lowest BCUT2D eigenvalue weighted by atomic mass is 10.2. The lowest BCUT2D eigenvalue weighted by Crippen LogP contribution is -2.29. The molecule has 10 heteroatoms. The van der Waals surface area contributed by atoms with Crippen LogP contribution >= 0.6 is 0 Å². The van der Waals surface area contributed by atoms with Crippen molar-refractivity contribution in [2.75, 3.05) is 38.0 Å². The van der Waals surface area contributed by atoms with Gasteiger partial charge >= 0.3 is 0 Å². The van der Waals surface area contributed by atoms with Crippen LogP contribution in [-0.4, -0.2) is 47.3 Å². The first-order valence-corrected chi connectivity index (χ1v) is 20.3. The fourth-order valence-electron chi connectivity index (χ4n) is 7.58. The summed E-state index contributed by atoms with van der Waals surface area (Å²) in [5.74, 6) is 2.62. The molecule has 0 atom stereocenters. The Bertz CT molecular complexity index is 3020. The third kappa shape index (κ3) is 7.45. The lowest BCUT2D eigenvalue weighted by molar-refractivity contribution is -0.572. The molecule has 10 rings (SSSR count). The normalized spacial score (nSPS) is 11.2. The molecular weight excluding hydrogens is 769 g/mol. The quantitative estimate of drug-likeness (QED) is 0.0958. The number of para-hydroxylation sites is 4. The minimum absolute atomic E-state index is 0.630. The van der Waals surface area contributed by atoms with Crippen molar-refractivity contribution in [2.45, 2.75) is 0 Å². The molecule has 0 fully saturated rings. The van der Waals surface area contributed by atoms with Gasteiger partial charge in [0.15, 0.2) is 0 Å². The minimum atomic E-state index is 0.630. The molecule has 0 radical (unpaired) electrons. The van der Waals surface area contributed by atoms with E-state index in [1.807, 2.05) is 113 Å². The van der Waals surface area contributed by atoms with E-state index >= 15 is 0 Å². The summed E-state index contributed by atoms with van der Waals surface area (Å²) in [5, 5.41) is 0. The number of aromatic nitrogens is 6. The number of ether oxygens (including phenoxy) is 2. The van der Waals surface area contributed by atoms with Crippen molar-refractivity contribution in [1.29, 1.82) is 0 Å². The standard InChI is InChI=1S/C52H42N8O2/c1-55(2)37-13-9-15-39(29-37)57-35-59(51-23-7-5-21-49(51)57)41-17-11-19-43(31-41)61-45-25-27-53-47(33-45)48-34-46(26-28-54-48)62-44-20-12-18-42(32-44)60-36-58(50-22-6-8-24-52(50)60)40-16-10-14-38(30-40)56(3)4/h5-34H,1-4H3. The third-order valence-electron chi connectivity index (χ3n) is 10.7. The van der Waals surface area contributed by atoms with Crippen molar-refractivity contribution in [3.63, 3.8) is 0 Å². The van der Waals surface area contributed by atoms with Crippen molar-refractivity contribution < 1.29 is 18.6 Å². The number of fused-ring (bicyclic) bond motifs is 2. The highest BCUT2D eigenvalue weighted by molar-refractivity contribution is 5.76. The average molecular weight is 811 g/mol. The molecule has 0 bridgehead atoms. The number of anilines is 2. The molecule has 10 aromatic rings. The maximum Gasteiger partial charge on any atom is 0.269 e. The van der Waals surface area contributed by atoms with Crippen molar-refractivity contribution in [3.8, 4) is 57.1 Å². The molecular formula is C52H42N8O2. The first-order chi connectivity index (χ1) is 30.3. The second-order valence-electron chi connectivity index (χ2n) is 15.3. The first kappa shape index (κ1) is 38.0. The lowest BCUT2D eigenvalue weighted by Gasteiger charge is -2.14. The Kier molecular flexibility index (Phi) is 9.85. The summed E-state index contributed by atoms with van der Waals surface area (Å²) in [5.41, 5.74) is 11.6. The second kappa shape index (κ2) is 16.1. The van der Waals surface area contributed by atoms with E-state index in [0.29, 0.717) is 34.4 Å². The number of rotatable bonds is 11. The predicted molar refractivity (Wildman–Crippen MR) is 244 cm³/mol. The smallest absolute Gasteiger partial charge is 0.269 e. The molecule has 6 aromatic carbocycles. The van der Waals surface area contributed by atoms with E-state index in [-0.39, 0.29) is 0 Å². The highest BCUT2D eigenvalue weighted by Gasteiger charge is 2.16. The van der Waals surface area contributed by atoms with Crippen LogP contribution in [0.1, 0.15) is 0 Å². The average Bonchev–Trinajstić information content (AvgIpc) is 3.90. The Labute approximate surface area is 360 Å². The van der Waals surface area contributed by atoms with E-state index < -0.39 is 0 Å². The van der Waals surface area contributed by atoms with Crippen molar-refractivity contribution >= 4 is 33.4 Å². The van der Waals surface area contributed by atoms with E-state index in [1.165, 1.54) is 0 Å². The topological polar surface area (TPSA) is 68.3 Å². The van der Waals surface area contributed by atoms with E-state index in [2.05, 4.69) is 136 Å². The number of nitrogens with zero attached hydrogens (tertiary/aromatic N) is 8. The summed E-state index contributed by atoms with van der Waals surface area (Å²) in [6.07, 6.45) is 10.6. The van der Waals surface area contributed by atoms with E-state index in [1.54, 1.807) is 12.4 Å². The van der Waals surface area contributed by atoms with Gasteiger partial charge in [-0.25, -0.2) is 0 Å². The van der Waals surface area contributed by atoms with Crippen LogP contribution in [0.25, 0.3) is 56.2 Å². The molecule has 0 aliphatic carbocycles. The molecule has 0 spiro atoms. The molecule has 4 heterocycles.